The zero-order valence-corrected chi connectivity index (χ0v) is 15.6. The van der Waals surface area contributed by atoms with E-state index in [0.717, 1.165) is 40.3 Å². The van der Waals surface area contributed by atoms with Gasteiger partial charge in [-0.2, -0.15) is 0 Å². The summed E-state index contributed by atoms with van der Waals surface area (Å²) in [4.78, 5) is 25.0. The lowest BCUT2D eigenvalue weighted by molar-refractivity contribution is 0.0773. The third-order valence-electron chi connectivity index (χ3n) is 4.16. The van der Waals surface area contributed by atoms with Gasteiger partial charge >= 0.3 is 0 Å². The number of fused-ring (bicyclic) bond motifs is 1. The van der Waals surface area contributed by atoms with Gasteiger partial charge in [-0.1, -0.05) is 12.1 Å². The fourth-order valence-electron chi connectivity index (χ4n) is 2.76. The van der Waals surface area contributed by atoms with E-state index < -0.39 is 0 Å². The quantitative estimate of drug-likeness (QED) is 0.724. The molecule has 6 heteroatoms. The van der Waals surface area contributed by atoms with E-state index in [1.807, 2.05) is 43.0 Å². The Morgan fingerprint density at radius 1 is 1.16 bits per heavy atom. The van der Waals surface area contributed by atoms with Crippen LogP contribution in [0.2, 0.25) is 0 Å². The van der Waals surface area contributed by atoms with Crippen molar-refractivity contribution in [2.75, 3.05) is 18.4 Å². The number of aryl methyl sites for hydroxylation is 1. The van der Waals surface area contributed by atoms with Gasteiger partial charge in [-0.15, -0.1) is 11.3 Å². The van der Waals surface area contributed by atoms with E-state index in [9.17, 15) is 4.79 Å². The molecule has 5 nitrogen and oxygen atoms in total. The number of hydrogen-bond acceptors (Lipinski definition) is 5. The molecule has 0 radical (unpaired) electrons. The fraction of sp³-hybridized carbons (Fsp3) is 0.316. The van der Waals surface area contributed by atoms with Crippen LogP contribution in [0.25, 0.3) is 10.2 Å². The number of amides is 1. The number of anilines is 1. The van der Waals surface area contributed by atoms with Gasteiger partial charge in [-0.25, -0.2) is 9.97 Å². The molecule has 1 amide bonds. The molecule has 0 unspecified atom stereocenters. The van der Waals surface area contributed by atoms with E-state index in [-0.39, 0.29) is 5.91 Å². The molecule has 2 aromatic heterocycles. The van der Waals surface area contributed by atoms with Crippen molar-refractivity contribution >= 4 is 33.3 Å². The smallest absolute Gasteiger partial charge is 0.253 e. The molecular formula is C19H22N4OS. The number of aromatic nitrogens is 2. The molecule has 0 aliphatic carbocycles. The number of nitrogens with one attached hydrogen (secondary N) is 1. The molecule has 3 aromatic rings. The normalized spacial score (nSPS) is 10.8. The molecule has 3 rings (SSSR count). The fourth-order valence-corrected chi connectivity index (χ4v) is 3.61. The van der Waals surface area contributed by atoms with Gasteiger partial charge in [-0.05, 0) is 44.5 Å². The van der Waals surface area contributed by atoms with E-state index in [1.165, 1.54) is 4.88 Å². The standard InChI is InChI=1S/C19H22N4OS/c1-4-23(5-2)19(24)15-8-6-14(7-9-15)11-20-17-16-10-13(3)25-18(16)22-12-21-17/h6-10,12H,4-5,11H2,1-3H3,(H,20,21,22). The Hall–Kier alpha value is -2.47. The van der Waals surface area contributed by atoms with Gasteiger partial charge in [0, 0.05) is 30.1 Å². The van der Waals surface area contributed by atoms with Gasteiger partial charge in [0.25, 0.3) is 5.91 Å². The molecule has 130 valence electrons. The van der Waals surface area contributed by atoms with Gasteiger partial charge in [0.2, 0.25) is 0 Å². The average molecular weight is 354 g/mol. The molecule has 0 fully saturated rings. The summed E-state index contributed by atoms with van der Waals surface area (Å²) in [7, 11) is 0. The lowest BCUT2D eigenvalue weighted by atomic mass is 10.1. The monoisotopic (exact) mass is 354 g/mol. The zero-order chi connectivity index (χ0) is 17.8. The number of hydrogen-bond donors (Lipinski definition) is 1. The number of carbonyl (C=O) groups excluding carboxylic acids is 1. The number of carbonyl (C=O) groups is 1. The minimum absolute atomic E-state index is 0.0794. The van der Waals surface area contributed by atoms with Crippen LogP contribution in [0.1, 0.15) is 34.6 Å². The summed E-state index contributed by atoms with van der Waals surface area (Å²) in [5.41, 5.74) is 1.83. The van der Waals surface area contributed by atoms with Gasteiger partial charge in [0.05, 0.1) is 5.39 Å². The van der Waals surface area contributed by atoms with Crippen molar-refractivity contribution in [3.05, 3.63) is 52.7 Å². The first-order valence-corrected chi connectivity index (χ1v) is 9.27. The number of rotatable bonds is 6. The van der Waals surface area contributed by atoms with Gasteiger partial charge in [-0.3, -0.25) is 4.79 Å². The van der Waals surface area contributed by atoms with Gasteiger partial charge in [0.1, 0.15) is 17.0 Å². The Morgan fingerprint density at radius 2 is 1.88 bits per heavy atom. The molecular weight excluding hydrogens is 332 g/mol. The Balaban J connectivity index is 1.70. The molecule has 0 aliphatic rings. The largest absolute Gasteiger partial charge is 0.365 e. The molecule has 0 spiro atoms. The summed E-state index contributed by atoms with van der Waals surface area (Å²) in [6, 6.07) is 9.86. The second-order valence-electron chi connectivity index (χ2n) is 5.83. The first-order valence-electron chi connectivity index (χ1n) is 8.45. The molecule has 1 N–H and O–H groups in total. The molecule has 0 saturated heterocycles. The lowest BCUT2D eigenvalue weighted by Gasteiger charge is -2.18. The predicted molar refractivity (Wildman–Crippen MR) is 103 cm³/mol. The first kappa shape index (κ1) is 17.4. The SMILES string of the molecule is CCN(CC)C(=O)c1ccc(CNc2ncnc3sc(C)cc23)cc1. The Bertz CT molecular complexity index is 869. The molecule has 1 aromatic carbocycles. The Morgan fingerprint density at radius 3 is 2.56 bits per heavy atom. The average Bonchev–Trinajstić information content (AvgIpc) is 3.02. The van der Waals surface area contributed by atoms with Crippen molar-refractivity contribution in [1.82, 2.24) is 14.9 Å². The third-order valence-corrected chi connectivity index (χ3v) is 5.12. The summed E-state index contributed by atoms with van der Waals surface area (Å²) < 4.78 is 0. The van der Waals surface area contributed by atoms with Crippen LogP contribution in [0.3, 0.4) is 0 Å². The van der Waals surface area contributed by atoms with E-state index >= 15 is 0 Å². The van der Waals surface area contributed by atoms with Crippen LogP contribution >= 0.6 is 11.3 Å². The van der Waals surface area contributed by atoms with Crippen molar-refractivity contribution < 1.29 is 4.79 Å². The van der Waals surface area contributed by atoms with Crippen LogP contribution in [-0.4, -0.2) is 33.9 Å². The van der Waals surface area contributed by atoms with Crippen molar-refractivity contribution in [3.8, 4) is 0 Å². The maximum atomic E-state index is 12.3. The molecule has 0 bridgehead atoms. The van der Waals surface area contributed by atoms with E-state index in [0.29, 0.717) is 6.54 Å². The van der Waals surface area contributed by atoms with Gasteiger partial charge in [0.15, 0.2) is 0 Å². The summed E-state index contributed by atoms with van der Waals surface area (Å²) in [5, 5.41) is 4.43. The van der Waals surface area contributed by atoms with Crippen LogP contribution in [0.4, 0.5) is 5.82 Å². The number of nitrogens with zero attached hydrogens (tertiary/aromatic N) is 3. The van der Waals surface area contributed by atoms with Crippen molar-refractivity contribution in [2.45, 2.75) is 27.3 Å². The number of thiophene rings is 1. The first-order chi connectivity index (χ1) is 12.1. The second-order valence-corrected chi connectivity index (χ2v) is 7.06. The van der Waals surface area contributed by atoms with Crippen molar-refractivity contribution in [3.63, 3.8) is 0 Å². The molecule has 2 heterocycles. The maximum Gasteiger partial charge on any atom is 0.253 e. The zero-order valence-electron chi connectivity index (χ0n) is 14.7. The molecule has 0 aliphatic heterocycles. The van der Waals surface area contributed by atoms with Gasteiger partial charge < -0.3 is 10.2 Å². The maximum absolute atomic E-state index is 12.3. The summed E-state index contributed by atoms with van der Waals surface area (Å²) in [6.07, 6.45) is 1.59. The van der Waals surface area contributed by atoms with Crippen molar-refractivity contribution in [1.29, 1.82) is 0 Å². The highest BCUT2D eigenvalue weighted by Crippen LogP contribution is 2.27. The minimum atomic E-state index is 0.0794. The van der Waals surface area contributed by atoms with Crippen LogP contribution in [0.5, 0.6) is 0 Å². The molecule has 0 atom stereocenters. The minimum Gasteiger partial charge on any atom is -0.365 e. The lowest BCUT2D eigenvalue weighted by Crippen LogP contribution is -2.30. The van der Waals surface area contributed by atoms with Crippen LogP contribution in [0.15, 0.2) is 36.7 Å². The van der Waals surface area contributed by atoms with Crippen LogP contribution in [-0.2, 0) is 6.54 Å². The summed E-state index contributed by atoms with van der Waals surface area (Å²) in [6.45, 7) is 8.16. The Labute approximate surface area is 151 Å². The Kier molecular flexibility index (Phi) is 5.28. The summed E-state index contributed by atoms with van der Waals surface area (Å²) >= 11 is 1.67. The third kappa shape index (κ3) is 3.79. The second kappa shape index (κ2) is 7.61. The highest BCUT2D eigenvalue weighted by atomic mass is 32.1. The highest BCUT2D eigenvalue weighted by Gasteiger charge is 2.12. The van der Waals surface area contributed by atoms with E-state index in [4.69, 9.17) is 0 Å². The summed E-state index contributed by atoms with van der Waals surface area (Å²) in [5.74, 6) is 0.924. The van der Waals surface area contributed by atoms with Crippen LogP contribution < -0.4 is 5.32 Å². The topological polar surface area (TPSA) is 58.1 Å². The number of benzene rings is 1. The predicted octanol–water partition coefficient (Wildman–Crippen LogP) is 4.09. The molecule has 0 saturated carbocycles. The van der Waals surface area contributed by atoms with Crippen molar-refractivity contribution in [2.24, 2.45) is 0 Å². The highest BCUT2D eigenvalue weighted by molar-refractivity contribution is 7.18. The van der Waals surface area contributed by atoms with Crippen LogP contribution in [0, 0.1) is 6.92 Å². The van der Waals surface area contributed by atoms with E-state index in [2.05, 4.69) is 28.3 Å². The molecule has 25 heavy (non-hydrogen) atoms. The van der Waals surface area contributed by atoms with E-state index in [1.54, 1.807) is 17.7 Å².